The molecule has 1 aliphatic carbocycles. The van der Waals surface area contributed by atoms with Crippen LogP contribution in [0.25, 0.3) is 0 Å². The molecule has 1 atom stereocenters. The van der Waals surface area contributed by atoms with Gasteiger partial charge in [-0.3, -0.25) is 0 Å². The van der Waals surface area contributed by atoms with Crippen LogP contribution in [0.2, 0.25) is 5.02 Å². The minimum Gasteiger partial charge on any atom is -0.491 e. The Morgan fingerprint density at radius 3 is 2.74 bits per heavy atom. The second-order valence-electron chi connectivity index (χ2n) is 5.26. The SMILES string of the molecule is OCc1cc(Cl)ccc1OCC(O)CC1CCCC1. The van der Waals surface area contributed by atoms with E-state index in [1.54, 1.807) is 18.2 Å². The third-order valence-electron chi connectivity index (χ3n) is 3.70. The molecule has 0 bridgehead atoms. The molecule has 19 heavy (non-hydrogen) atoms. The fourth-order valence-corrected chi connectivity index (χ4v) is 2.89. The van der Waals surface area contributed by atoms with E-state index in [1.165, 1.54) is 25.7 Å². The number of aliphatic hydroxyl groups excluding tert-OH is 2. The molecule has 3 nitrogen and oxygen atoms in total. The predicted octanol–water partition coefficient (Wildman–Crippen LogP) is 3.15. The van der Waals surface area contributed by atoms with E-state index < -0.39 is 6.10 Å². The Balaban J connectivity index is 1.83. The summed E-state index contributed by atoms with van der Waals surface area (Å²) < 4.78 is 5.59. The third-order valence-corrected chi connectivity index (χ3v) is 3.94. The van der Waals surface area contributed by atoms with Crippen molar-refractivity contribution in [2.45, 2.75) is 44.8 Å². The zero-order valence-corrected chi connectivity index (χ0v) is 11.8. The molecule has 1 saturated carbocycles. The highest BCUT2D eigenvalue weighted by molar-refractivity contribution is 6.30. The van der Waals surface area contributed by atoms with Gasteiger partial charge in [-0.15, -0.1) is 0 Å². The number of aliphatic hydroxyl groups is 2. The molecule has 1 aromatic carbocycles. The Morgan fingerprint density at radius 1 is 1.32 bits per heavy atom. The van der Waals surface area contributed by atoms with Crippen LogP contribution >= 0.6 is 11.6 Å². The normalized spacial score (nSPS) is 17.6. The summed E-state index contributed by atoms with van der Waals surface area (Å²) in [5, 5.41) is 19.8. The molecule has 1 unspecified atom stereocenters. The van der Waals surface area contributed by atoms with Crippen molar-refractivity contribution in [3.8, 4) is 5.75 Å². The second kappa shape index (κ2) is 7.13. The van der Waals surface area contributed by atoms with Crippen LogP contribution in [0.3, 0.4) is 0 Å². The Labute approximate surface area is 119 Å². The summed E-state index contributed by atoms with van der Waals surface area (Å²) in [6.45, 7) is 0.153. The van der Waals surface area contributed by atoms with Gasteiger partial charge in [0.1, 0.15) is 12.4 Å². The van der Waals surface area contributed by atoms with Crippen LogP contribution in [0, 0.1) is 5.92 Å². The standard InChI is InChI=1S/C15H21ClO3/c16-13-5-6-15(12(8-13)9-17)19-10-14(18)7-11-3-1-2-4-11/h5-6,8,11,14,17-18H,1-4,7,9-10H2. The van der Waals surface area contributed by atoms with Crippen molar-refractivity contribution in [1.29, 1.82) is 0 Å². The van der Waals surface area contributed by atoms with Gasteiger partial charge in [-0.05, 0) is 30.5 Å². The van der Waals surface area contributed by atoms with Crippen molar-refractivity contribution in [2.75, 3.05) is 6.61 Å². The molecule has 0 radical (unpaired) electrons. The first kappa shape index (κ1) is 14.6. The summed E-state index contributed by atoms with van der Waals surface area (Å²) in [6, 6.07) is 5.13. The molecule has 1 aromatic rings. The fraction of sp³-hybridized carbons (Fsp3) is 0.600. The van der Waals surface area contributed by atoms with Gasteiger partial charge >= 0.3 is 0 Å². The van der Waals surface area contributed by atoms with Gasteiger partial charge < -0.3 is 14.9 Å². The van der Waals surface area contributed by atoms with Gasteiger partial charge in [0.05, 0.1) is 12.7 Å². The second-order valence-corrected chi connectivity index (χ2v) is 5.70. The van der Waals surface area contributed by atoms with Gasteiger partial charge in [0.15, 0.2) is 0 Å². The largest absolute Gasteiger partial charge is 0.491 e. The van der Waals surface area contributed by atoms with Crippen LogP contribution in [0.1, 0.15) is 37.7 Å². The highest BCUT2D eigenvalue weighted by atomic mass is 35.5. The maximum atomic E-state index is 9.98. The van der Waals surface area contributed by atoms with E-state index in [2.05, 4.69) is 0 Å². The van der Waals surface area contributed by atoms with Gasteiger partial charge in [-0.1, -0.05) is 37.3 Å². The highest BCUT2D eigenvalue weighted by Crippen LogP contribution is 2.29. The molecule has 106 valence electrons. The molecular formula is C15H21ClO3. The Morgan fingerprint density at radius 2 is 2.05 bits per heavy atom. The first-order valence-corrected chi connectivity index (χ1v) is 7.27. The monoisotopic (exact) mass is 284 g/mol. The molecule has 0 aliphatic heterocycles. The molecule has 1 fully saturated rings. The summed E-state index contributed by atoms with van der Waals surface area (Å²) in [5.41, 5.74) is 0.653. The molecule has 2 N–H and O–H groups in total. The summed E-state index contributed by atoms with van der Waals surface area (Å²) in [7, 11) is 0. The van der Waals surface area contributed by atoms with Crippen LogP contribution < -0.4 is 4.74 Å². The predicted molar refractivity (Wildman–Crippen MR) is 75.5 cm³/mol. The zero-order valence-electron chi connectivity index (χ0n) is 11.0. The van der Waals surface area contributed by atoms with E-state index in [0.29, 0.717) is 22.3 Å². The number of hydrogen-bond donors (Lipinski definition) is 2. The first-order valence-electron chi connectivity index (χ1n) is 6.89. The molecule has 4 heteroatoms. The van der Waals surface area contributed by atoms with E-state index in [4.69, 9.17) is 16.3 Å². The third kappa shape index (κ3) is 4.37. The quantitative estimate of drug-likeness (QED) is 0.844. The topological polar surface area (TPSA) is 49.7 Å². The summed E-state index contributed by atoms with van der Waals surface area (Å²) in [5.74, 6) is 1.23. The molecule has 0 spiro atoms. The molecule has 2 rings (SSSR count). The van der Waals surface area contributed by atoms with E-state index >= 15 is 0 Å². The van der Waals surface area contributed by atoms with Crippen LogP contribution in [-0.2, 0) is 6.61 Å². The van der Waals surface area contributed by atoms with Crippen molar-refractivity contribution in [3.05, 3.63) is 28.8 Å². The van der Waals surface area contributed by atoms with Gasteiger partial charge in [-0.25, -0.2) is 0 Å². The lowest BCUT2D eigenvalue weighted by Gasteiger charge is -2.17. The van der Waals surface area contributed by atoms with Gasteiger partial charge in [0.2, 0.25) is 0 Å². The molecule has 0 aromatic heterocycles. The van der Waals surface area contributed by atoms with E-state index in [9.17, 15) is 10.2 Å². The zero-order chi connectivity index (χ0) is 13.7. The Hall–Kier alpha value is -0.770. The number of halogens is 1. The lowest BCUT2D eigenvalue weighted by Crippen LogP contribution is -2.20. The van der Waals surface area contributed by atoms with Crippen molar-refractivity contribution in [2.24, 2.45) is 5.92 Å². The fourth-order valence-electron chi connectivity index (χ4n) is 2.70. The van der Waals surface area contributed by atoms with E-state index in [-0.39, 0.29) is 13.2 Å². The van der Waals surface area contributed by atoms with Crippen LogP contribution in [0.15, 0.2) is 18.2 Å². The van der Waals surface area contributed by atoms with Crippen LogP contribution in [-0.4, -0.2) is 22.9 Å². The summed E-state index contributed by atoms with van der Waals surface area (Å²) >= 11 is 5.86. The molecule has 0 amide bonds. The lowest BCUT2D eigenvalue weighted by atomic mass is 10.0. The van der Waals surface area contributed by atoms with Gasteiger partial charge in [0.25, 0.3) is 0 Å². The van der Waals surface area contributed by atoms with E-state index in [1.807, 2.05) is 0 Å². The average Bonchev–Trinajstić information content (AvgIpc) is 2.90. The van der Waals surface area contributed by atoms with Gasteiger partial charge in [0, 0.05) is 10.6 Å². The summed E-state index contributed by atoms with van der Waals surface area (Å²) in [4.78, 5) is 0. The van der Waals surface area contributed by atoms with Crippen molar-refractivity contribution in [1.82, 2.24) is 0 Å². The Bertz CT molecular complexity index is 402. The number of benzene rings is 1. The number of rotatable bonds is 6. The number of hydrogen-bond acceptors (Lipinski definition) is 3. The summed E-state index contributed by atoms with van der Waals surface area (Å²) in [6.07, 6.45) is 5.38. The molecule has 1 aliphatic rings. The lowest BCUT2D eigenvalue weighted by molar-refractivity contribution is 0.0843. The maximum Gasteiger partial charge on any atom is 0.125 e. The first-order chi connectivity index (χ1) is 9.19. The average molecular weight is 285 g/mol. The van der Waals surface area contributed by atoms with Gasteiger partial charge in [-0.2, -0.15) is 0 Å². The molecule has 0 heterocycles. The number of ether oxygens (including phenoxy) is 1. The smallest absolute Gasteiger partial charge is 0.125 e. The molecule has 0 saturated heterocycles. The maximum absolute atomic E-state index is 9.98. The minimum atomic E-state index is -0.440. The van der Waals surface area contributed by atoms with Crippen molar-refractivity contribution < 1.29 is 14.9 Å². The highest BCUT2D eigenvalue weighted by Gasteiger charge is 2.19. The van der Waals surface area contributed by atoms with E-state index in [0.717, 1.165) is 6.42 Å². The van der Waals surface area contributed by atoms with Crippen LogP contribution in [0.5, 0.6) is 5.75 Å². The van der Waals surface area contributed by atoms with Crippen LogP contribution in [0.4, 0.5) is 0 Å². The van der Waals surface area contributed by atoms with Crippen molar-refractivity contribution >= 4 is 11.6 Å². The van der Waals surface area contributed by atoms with Crippen molar-refractivity contribution in [3.63, 3.8) is 0 Å². The minimum absolute atomic E-state index is 0.116. The molecular weight excluding hydrogens is 264 g/mol. The Kier molecular flexibility index (Phi) is 5.49.